The maximum atomic E-state index is 13.4. The summed E-state index contributed by atoms with van der Waals surface area (Å²) in [6, 6.07) is 5.23. The molecule has 0 aliphatic carbocycles. The molecule has 2 amide bonds. The smallest absolute Gasteiger partial charge is 0.243 e. The number of piperazine rings is 1. The van der Waals surface area contributed by atoms with E-state index in [0.29, 0.717) is 51.1 Å². The fourth-order valence-corrected chi connectivity index (χ4v) is 5.69. The Bertz CT molecular complexity index is 881. The van der Waals surface area contributed by atoms with E-state index in [9.17, 15) is 18.0 Å². The van der Waals surface area contributed by atoms with Crippen molar-refractivity contribution in [2.45, 2.75) is 38.0 Å². The van der Waals surface area contributed by atoms with Crippen molar-refractivity contribution in [3.8, 4) is 0 Å². The summed E-state index contributed by atoms with van der Waals surface area (Å²) in [6.45, 7) is 7.56. The summed E-state index contributed by atoms with van der Waals surface area (Å²) in [5, 5.41) is 3.20. The first kappa shape index (κ1) is 22.7. The van der Waals surface area contributed by atoms with Gasteiger partial charge in [0.15, 0.2) is 0 Å². The third-order valence-corrected chi connectivity index (χ3v) is 7.74. The third kappa shape index (κ3) is 5.39. The Morgan fingerprint density at radius 2 is 1.90 bits per heavy atom. The first-order valence-corrected chi connectivity index (χ1v) is 12.1. The average molecular weight is 437 g/mol. The molecule has 30 heavy (non-hydrogen) atoms. The van der Waals surface area contributed by atoms with Crippen LogP contribution in [0.25, 0.3) is 0 Å². The Morgan fingerprint density at radius 3 is 2.53 bits per heavy atom. The van der Waals surface area contributed by atoms with Crippen molar-refractivity contribution in [1.29, 1.82) is 0 Å². The second kappa shape index (κ2) is 9.89. The van der Waals surface area contributed by atoms with Crippen LogP contribution >= 0.6 is 0 Å². The first-order chi connectivity index (χ1) is 14.3. The van der Waals surface area contributed by atoms with Crippen molar-refractivity contribution in [3.05, 3.63) is 29.3 Å². The lowest BCUT2D eigenvalue weighted by Gasteiger charge is -2.30. The highest BCUT2D eigenvalue weighted by atomic mass is 32.2. The molecule has 1 aromatic carbocycles. The lowest BCUT2D eigenvalue weighted by molar-refractivity contribution is -0.132. The van der Waals surface area contributed by atoms with E-state index in [1.54, 1.807) is 28.9 Å². The van der Waals surface area contributed by atoms with Crippen LogP contribution in [0.1, 0.15) is 30.4 Å². The zero-order valence-electron chi connectivity index (χ0n) is 17.9. The molecule has 2 saturated heterocycles. The number of likely N-dealkylation sites (tertiary alicyclic amines) is 1. The van der Waals surface area contributed by atoms with Gasteiger partial charge in [-0.2, -0.15) is 4.31 Å². The molecule has 8 nitrogen and oxygen atoms in total. The van der Waals surface area contributed by atoms with Crippen LogP contribution in [0, 0.1) is 13.8 Å². The molecule has 2 heterocycles. The fourth-order valence-electron chi connectivity index (χ4n) is 4.06. The molecule has 1 N–H and O–H groups in total. The number of nitrogens with zero attached hydrogens (tertiary/aromatic N) is 3. The molecule has 0 spiro atoms. The van der Waals surface area contributed by atoms with E-state index >= 15 is 0 Å². The van der Waals surface area contributed by atoms with Crippen LogP contribution in [-0.4, -0.2) is 86.7 Å². The molecule has 3 rings (SSSR count). The van der Waals surface area contributed by atoms with Gasteiger partial charge in [-0.15, -0.1) is 0 Å². The SMILES string of the molecule is Cc1ccc(S(=O)(=O)N(CCCN2CCCC2=O)CC(=O)N2CCNCC2)c(C)c1. The third-order valence-electron chi connectivity index (χ3n) is 5.74. The van der Waals surface area contributed by atoms with E-state index in [0.717, 1.165) is 18.5 Å². The van der Waals surface area contributed by atoms with Gasteiger partial charge in [-0.05, 0) is 38.3 Å². The minimum Gasteiger partial charge on any atom is -0.343 e. The number of carbonyl (C=O) groups excluding carboxylic acids is 2. The number of aryl methyl sites for hydroxylation is 2. The highest BCUT2D eigenvalue weighted by Crippen LogP contribution is 2.22. The van der Waals surface area contributed by atoms with E-state index in [2.05, 4.69) is 5.32 Å². The van der Waals surface area contributed by atoms with E-state index in [1.165, 1.54) is 4.31 Å². The molecule has 2 fully saturated rings. The van der Waals surface area contributed by atoms with E-state index in [1.807, 2.05) is 13.0 Å². The average Bonchev–Trinajstić information content (AvgIpc) is 3.12. The standard InChI is InChI=1S/C21H32N4O4S/c1-17-6-7-19(18(2)15-17)30(28,29)25(12-4-11-23-10-3-5-20(23)26)16-21(27)24-13-8-22-9-14-24/h6-7,15,22H,3-5,8-14,16H2,1-2H3. The predicted octanol–water partition coefficient (Wildman–Crippen LogP) is 0.738. The van der Waals surface area contributed by atoms with Gasteiger partial charge < -0.3 is 15.1 Å². The van der Waals surface area contributed by atoms with Gasteiger partial charge in [0.05, 0.1) is 11.4 Å². The van der Waals surface area contributed by atoms with Crippen LogP contribution in [0.2, 0.25) is 0 Å². The van der Waals surface area contributed by atoms with Gasteiger partial charge in [0.2, 0.25) is 21.8 Å². The maximum absolute atomic E-state index is 13.4. The molecule has 0 radical (unpaired) electrons. The predicted molar refractivity (Wildman–Crippen MR) is 115 cm³/mol. The summed E-state index contributed by atoms with van der Waals surface area (Å²) in [5.41, 5.74) is 1.66. The summed E-state index contributed by atoms with van der Waals surface area (Å²) in [7, 11) is -3.82. The largest absolute Gasteiger partial charge is 0.343 e. The lowest BCUT2D eigenvalue weighted by Crippen LogP contribution is -2.50. The first-order valence-electron chi connectivity index (χ1n) is 10.6. The Labute approximate surface area is 179 Å². The topological polar surface area (TPSA) is 90.0 Å². The minimum atomic E-state index is -3.82. The number of hydrogen-bond donors (Lipinski definition) is 1. The number of amides is 2. The van der Waals surface area contributed by atoms with Crippen LogP contribution in [0.4, 0.5) is 0 Å². The zero-order valence-corrected chi connectivity index (χ0v) is 18.7. The van der Waals surface area contributed by atoms with E-state index in [4.69, 9.17) is 0 Å². The van der Waals surface area contributed by atoms with Gasteiger partial charge in [0.1, 0.15) is 0 Å². The summed E-state index contributed by atoms with van der Waals surface area (Å²) >= 11 is 0. The quantitative estimate of drug-likeness (QED) is 0.649. The second-order valence-electron chi connectivity index (χ2n) is 8.08. The van der Waals surface area contributed by atoms with Crippen molar-refractivity contribution in [3.63, 3.8) is 0 Å². The van der Waals surface area contributed by atoms with Crippen LogP contribution in [-0.2, 0) is 19.6 Å². The Morgan fingerprint density at radius 1 is 1.17 bits per heavy atom. The molecular weight excluding hydrogens is 404 g/mol. The van der Waals surface area contributed by atoms with E-state index in [-0.39, 0.29) is 29.8 Å². The van der Waals surface area contributed by atoms with Crippen molar-refractivity contribution in [2.75, 3.05) is 52.4 Å². The molecule has 166 valence electrons. The van der Waals surface area contributed by atoms with Gasteiger partial charge >= 0.3 is 0 Å². The van der Waals surface area contributed by atoms with Gasteiger partial charge in [-0.3, -0.25) is 9.59 Å². The van der Waals surface area contributed by atoms with Crippen molar-refractivity contribution in [2.24, 2.45) is 0 Å². The van der Waals surface area contributed by atoms with Gasteiger partial charge in [-0.1, -0.05) is 17.7 Å². The van der Waals surface area contributed by atoms with Gasteiger partial charge in [-0.25, -0.2) is 8.42 Å². The molecule has 2 aliphatic heterocycles. The Balaban J connectivity index is 1.76. The molecule has 0 atom stereocenters. The normalized spacial score (nSPS) is 17.8. The van der Waals surface area contributed by atoms with Crippen LogP contribution < -0.4 is 5.32 Å². The molecule has 0 saturated carbocycles. The second-order valence-corrected chi connectivity index (χ2v) is 9.98. The summed E-state index contributed by atoms with van der Waals surface area (Å²) in [6.07, 6.45) is 1.92. The lowest BCUT2D eigenvalue weighted by atomic mass is 10.2. The van der Waals surface area contributed by atoms with Crippen LogP contribution in [0.5, 0.6) is 0 Å². The molecule has 9 heteroatoms. The maximum Gasteiger partial charge on any atom is 0.243 e. The van der Waals surface area contributed by atoms with Crippen molar-refractivity contribution >= 4 is 21.8 Å². The number of benzene rings is 1. The number of hydrogen-bond acceptors (Lipinski definition) is 5. The zero-order chi connectivity index (χ0) is 21.7. The number of rotatable bonds is 8. The molecular formula is C21H32N4O4S. The number of nitrogens with one attached hydrogen (secondary N) is 1. The highest BCUT2D eigenvalue weighted by molar-refractivity contribution is 7.89. The summed E-state index contributed by atoms with van der Waals surface area (Å²) < 4.78 is 28.2. The van der Waals surface area contributed by atoms with Crippen molar-refractivity contribution < 1.29 is 18.0 Å². The molecule has 1 aromatic rings. The van der Waals surface area contributed by atoms with Gasteiger partial charge in [0.25, 0.3) is 0 Å². The Hall–Kier alpha value is -1.97. The molecule has 0 aromatic heterocycles. The Kier molecular flexibility index (Phi) is 7.49. The van der Waals surface area contributed by atoms with Crippen LogP contribution in [0.3, 0.4) is 0 Å². The molecule has 0 bridgehead atoms. The number of carbonyl (C=O) groups is 2. The molecule has 0 unspecified atom stereocenters. The summed E-state index contributed by atoms with van der Waals surface area (Å²) in [5.74, 6) is -0.0576. The van der Waals surface area contributed by atoms with E-state index < -0.39 is 10.0 Å². The summed E-state index contributed by atoms with van der Waals surface area (Å²) in [4.78, 5) is 28.4. The fraction of sp³-hybridized carbons (Fsp3) is 0.619. The molecule has 2 aliphatic rings. The van der Waals surface area contributed by atoms with Gasteiger partial charge in [0, 0.05) is 52.2 Å². The van der Waals surface area contributed by atoms with Crippen LogP contribution in [0.15, 0.2) is 23.1 Å². The minimum absolute atomic E-state index is 0.121. The number of sulfonamides is 1. The van der Waals surface area contributed by atoms with Crippen molar-refractivity contribution in [1.82, 2.24) is 19.4 Å². The highest BCUT2D eigenvalue weighted by Gasteiger charge is 2.30. The monoisotopic (exact) mass is 436 g/mol.